The number of hydrogen-bond acceptors (Lipinski definition) is 2. The van der Waals surface area contributed by atoms with Crippen molar-refractivity contribution in [1.29, 1.82) is 0 Å². The highest BCUT2D eigenvalue weighted by molar-refractivity contribution is 9.10. The number of halogens is 4. The van der Waals surface area contributed by atoms with Crippen molar-refractivity contribution in [3.8, 4) is 5.75 Å². The highest BCUT2D eigenvalue weighted by Crippen LogP contribution is 2.44. The molecule has 2 aromatic rings. The van der Waals surface area contributed by atoms with Gasteiger partial charge in [0.15, 0.2) is 6.04 Å². The molecule has 30 heavy (non-hydrogen) atoms. The first-order valence-corrected chi connectivity index (χ1v) is 10.3. The van der Waals surface area contributed by atoms with Gasteiger partial charge in [0.1, 0.15) is 11.2 Å². The fourth-order valence-electron chi connectivity index (χ4n) is 3.42. The van der Waals surface area contributed by atoms with Crippen molar-refractivity contribution in [2.45, 2.75) is 44.7 Å². The van der Waals surface area contributed by atoms with Crippen molar-refractivity contribution in [1.82, 2.24) is 0 Å². The number of amides is 1. The molecule has 0 unspecified atom stereocenters. The third-order valence-corrected chi connectivity index (χ3v) is 5.57. The van der Waals surface area contributed by atoms with Crippen LogP contribution in [0.1, 0.15) is 43.6 Å². The second-order valence-electron chi connectivity index (χ2n) is 7.79. The number of ether oxygens (including phenoxy) is 1. The van der Waals surface area contributed by atoms with Gasteiger partial charge in [0.2, 0.25) is 5.69 Å². The quantitative estimate of drug-likeness (QED) is 0.380. The molecule has 0 saturated carbocycles. The minimum atomic E-state index is -3.80. The van der Waals surface area contributed by atoms with Gasteiger partial charge in [-0.25, -0.2) is 0 Å². The Morgan fingerprint density at radius 3 is 2.40 bits per heavy atom. The Bertz CT molecular complexity index is 1030. The fourth-order valence-corrected chi connectivity index (χ4v) is 4.17. The van der Waals surface area contributed by atoms with Crippen LogP contribution >= 0.6 is 27.5 Å². The summed E-state index contributed by atoms with van der Waals surface area (Å²) < 4.78 is 32.2. The number of aliphatic hydroxyl groups excluding tert-OH is 1. The van der Waals surface area contributed by atoms with E-state index < -0.39 is 11.0 Å². The van der Waals surface area contributed by atoms with Crippen molar-refractivity contribution >= 4 is 50.7 Å². The van der Waals surface area contributed by atoms with E-state index in [1.54, 1.807) is 12.1 Å². The van der Waals surface area contributed by atoms with Crippen LogP contribution in [0.3, 0.4) is 0 Å². The van der Waals surface area contributed by atoms with Gasteiger partial charge in [0, 0.05) is 28.4 Å². The van der Waals surface area contributed by atoms with Gasteiger partial charge in [0.25, 0.3) is 5.91 Å². The SMILES string of the molecule is CC(C)[N+]1=C(O)C(C)(C)c2cc(C(=O)Nc3ccc(OC(F)(F)Cl)cc3)cc(Br)c21. The molecule has 1 aliphatic rings. The van der Waals surface area contributed by atoms with Crippen LogP contribution in [-0.2, 0) is 5.41 Å². The van der Waals surface area contributed by atoms with E-state index in [-0.39, 0.29) is 23.6 Å². The fraction of sp³-hybridized carbons (Fsp3) is 0.333. The summed E-state index contributed by atoms with van der Waals surface area (Å²) in [4.78, 5) is 12.8. The zero-order valence-electron chi connectivity index (χ0n) is 16.8. The third kappa shape index (κ3) is 4.30. The number of anilines is 1. The number of nitrogens with zero attached hydrogens (tertiary/aromatic N) is 1. The molecule has 5 nitrogen and oxygen atoms in total. The number of carbonyl (C=O) groups is 1. The normalized spacial score (nSPS) is 15.4. The van der Waals surface area contributed by atoms with E-state index >= 15 is 0 Å². The summed E-state index contributed by atoms with van der Waals surface area (Å²) in [7, 11) is 0. The number of fused-ring (bicyclic) bond motifs is 1. The Balaban J connectivity index is 1.88. The van der Waals surface area contributed by atoms with Crippen LogP contribution in [0.2, 0.25) is 0 Å². The smallest absolute Gasteiger partial charge is 0.463 e. The summed E-state index contributed by atoms with van der Waals surface area (Å²) in [6.07, 6.45) is 0. The molecule has 0 atom stereocenters. The van der Waals surface area contributed by atoms with E-state index in [0.29, 0.717) is 15.7 Å². The predicted octanol–water partition coefficient (Wildman–Crippen LogP) is 6.17. The van der Waals surface area contributed by atoms with E-state index in [9.17, 15) is 18.7 Å². The Hall–Kier alpha value is -2.19. The Morgan fingerprint density at radius 2 is 1.87 bits per heavy atom. The lowest BCUT2D eigenvalue weighted by Gasteiger charge is -2.14. The second kappa shape index (κ2) is 7.81. The summed E-state index contributed by atoms with van der Waals surface area (Å²) in [5.74, 6) is -0.291. The molecule has 1 amide bonds. The number of hydrogen-bond donors (Lipinski definition) is 2. The maximum absolute atomic E-state index is 12.8. The van der Waals surface area contributed by atoms with Gasteiger partial charge in [0.05, 0.1) is 4.47 Å². The summed E-state index contributed by atoms with van der Waals surface area (Å²) in [6, 6.07) is 8.89. The first-order chi connectivity index (χ1) is 13.8. The highest BCUT2D eigenvalue weighted by Gasteiger charge is 2.49. The minimum Gasteiger partial charge on any atom is -0.463 e. The molecule has 0 aromatic heterocycles. The molecule has 0 saturated heterocycles. The van der Waals surface area contributed by atoms with Crippen molar-refractivity contribution in [3.63, 3.8) is 0 Å². The van der Waals surface area contributed by atoms with Crippen LogP contribution in [0.4, 0.5) is 20.2 Å². The number of alkyl halides is 3. The molecular weight excluding hydrogens is 482 g/mol. The molecule has 1 heterocycles. The van der Waals surface area contributed by atoms with Crippen LogP contribution in [0.5, 0.6) is 5.75 Å². The summed E-state index contributed by atoms with van der Waals surface area (Å²) in [6.45, 7) is 7.73. The first kappa shape index (κ1) is 22.5. The van der Waals surface area contributed by atoms with Gasteiger partial charge >= 0.3 is 11.5 Å². The van der Waals surface area contributed by atoms with Gasteiger partial charge in [-0.2, -0.15) is 4.58 Å². The van der Waals surface area contributed by atoms with Crippen molar-refractivity contribution in [2.75, 3.05) is 5.32 Å². The molecule has 0 fully saturated rings. The van der Waals surface area contributed by atoms with Crippen LogP contribution in [0.15, 0.2) is 40.9 Å². The summed E-state index contributed by atoms with van der Waals surface area (Å²) in [5, 5.41) is 13.5. The van der Waals surface area contributed by atoms with Gasteiger partial charge in [-0.3, -0.25) is 4.79 Å². The van der Waals surface area contributed by atoms with Gasteiger partial charge in [-0.1, -0.05) is 0 Å². The molecule has 2 N–H and O–H groups in total. The van der Waals surface area contributed by atoms with E-state index in [1.165, 1.54) is 24.3 Å². The molecule has 9 heteroatoms. The Kier molecular flexibility index (Phi) is 5.86. The lowest BCUT2D eigenvalue weighted by molar-refractivity contribution is -0.482. The van der Waals surface area contributed by atoms with E-state index in [0.717, 1.165) is 11.3 Å². The average molecular weight is 503 g/mol. The van der Waals surface area contributed by atoms with Gasteiger partial charge in [-0.05, 0) is 80.0 Å². The Labute approximate surface area is 186 Å². The molecule has 0 radical (unpaired) electrons. The molecule has 3 rings (SSSR count). The molecule has 0 bridgehead atoms. The average Bonchev–Trinajstić information content (AvgIpc) is 2.83. The monoisotopic (exact) mass is 501 g/mol. The number of nitrogens with one attached hydrogen (secondary N) is 1. The topological polar surface area (TPSA) is 61.6 Å². The maximum atomic E-state index is 12.8. The Morgan fingerprint density at radius 1 is 1.27 bits per heavy atom. The first-order valence-electron chi connectivity index (χ1n) is 9.18. The second-order valence-corrected chi connectivity index (χ2v) is 9.09. The van der Waals surface area contributed by atoms with Crippen molar-refractivity contribution in [3.05, 3.63) is 52.0 Å². The van der Waals surface area contributed by atoms with Crippen molar-refractivity contribution < 1.29 is 28.0 Å². The zero-order chi connectivity index (χ0) is 22.4. The van der Waals surface area contributed by atoms with E-state index in [2.05, 4.69) is 26.0 Å². The number of aliphatic hydroxyl groups is 1. The number of rotatable bonds is 5. The third-order valence-electron chi connectivity index (χ3n) is 4.89. The molecular formula is C21H21BrClF2N2O3+. The van der Waals surface area contributed by atoms with Crippen molar-refractivity contribution in [2.24, 2.45) is 0 Å². The molecule has 1 aliphatic heterocycles. The lowest BCUT2D eigenvalue weighted by Crippen LogP contribution is -2.31. The lowest BCUT2D eigenvalue weighted by atomic mass is 9.85. The summed E-state index contributed by atoms with van der Waals surface area (Å²) in [5.41, 5.74) is -2.03. The largest absolute Gasteiger partial charge is 0.487 e. The van der Waals surface area contributed by atoms with Gasteiger partial charge < -0.3 is 15.2 Å². The molecule has 0 spiro atoms. The van der Waals surface area contributed by atoms with Crippen LogP contribution in [0, 0.1) is 0 Å². The predicted molar refractivity (Wildman–Crippen MR) is 116 cm³/mol. The highest BCUT2D eigenvalue weighted by atomic mass is 79.9. The standard InChI is InChI=1S/C21H20BrClF2N2O3/c1-11(2)27-17-15(20(3,4)19(27)29)9-12(10-16(17)22)18(28)26-13-5-7-14(8-6-13)30-21(23,24)25/h5-11H,1-4H3,(H,26,28)/p+1. The van der Waals surface area contributed by atoms with Crippen LogP contribution < -0.4 is 10.1 Å². The van der Waals surface area contributed by atoms with E-state index in [1.807, 2.05) is 32.3 Å². The maximum Gasteiger partial charge on any atom is 0.487 e. The molecule has 160 valence electrons. The number of benzene rings is 2. The van der Waals surface area contributed by atoms with Gasteiger partial charge in [-0.15, -0.1) is 8.78 Å². The van der Waals surface area contributed by atoms with E-state index in [4.69, 9.17) is 11.6 Å². The van der Waals surface area contributed by atoms with Crippen LogP contribution in [-0.4, -0.2) is 33.1 Å². The minimum absolute atomic E-state index is 0.0302. The van der Waals surface area contributed by atoms with Crippen LogP contribution in [0.25, 0.3) is 0 Å². The zero-order valence-corrected chi connectivity index (χ0v) is 19.1. The summed E-state index contributed by atoms with van der Waals surface area (Å²) >= 11 is 8.27. The molecule has 2 aromatic carbocycles. The molecule has 0 aliphatic carbocycles. The number of carbonyl (C=O) groups excluding carboxylic acids is 1.